The Morgan fingerprint density at radius 1 is 0.520 bits per heavy atom. The molecule has 8 rings (SSSR count). The highest BCUT2D eigenvalue weighted by Crippen LogP contribution is 2.39. The van der Waals surface area contributed by atoms with Crippen LogP contribution in [0.3, 0.4) is 0 Å². The van der Waals surface area contributed by atoms with Crippen LogP contribution in [-0.2, 0) is 0 Å². The van der Waals surface area contributed by atoms with Gasteiger partial charge in [-0.15, -0.1) is 0 Å². The first kappa shape index (κ1) is 32.4. The summed E-state index contributed by atoms with van der Waals surface area (Å²) >= 11 is 0. The molecule has 0 radical (unpaired) electrons. The van der Waals surface area contributed by atoms with Crippen LogP contribution in [0.4, 0.5) is 22.7 Å². The van der Waals surface area contributed by atoms with Gasteiger partial charge in [0.05, 0.1) is 5.69 Å². The minimum atomic E-state index is 0.839. The Morgan fingerprint density at radius 2 is 1.16 bits per heavy atom. The molecular weight excluding hydrogens is 605 g/mol. The number of hydrogen-bond acceptors (Lipinski definition) is 2. The van der Waals surface area contributed by atoms with Crippen molar-refractivity contribution < 1.29 is 0 Å². The highest BCUT2D eigenvalue weighted by atomic mass is 15.2. The van der Waals surface area contributed by atoms with Crippen LogP contribution in [-0.4, -0.2) is 0 Å². The molecule has 0 heterocycles. The van der Waals surface area contributed by atoms with Gasteiger partial charge < -0.3 is 9.80 Å². The predicted molar refractivity (Wildman–Crippen MR) is 216 cm³/mol. The topological polar surface area (TPSA) is 6.48 Å². The van der Waals surface area contributed by atoms with E-state index in [1.54, 1.807) is 0 Å². The summed E-state index contributed by atoms with van der Waals surface area (Å²) in [6.07, 6.45) is 17.6. The number of rotatable bonds is 7. The summed E-state index contributed by atoms with van der Waals surface area (Å²) in [7, 11) is 0. The molecule has 0 atom stereocenters. The summed E-state index contributed by atoms with van der Waals surface area (Å²) in [5.74, 6) is 0. The van der Waals surface area contributed by atoms with Crippen LogP contribution in [0, 0.1) is 0 Å². The van der Waals surface area contributed by atoms with Gasteiger partial charge in [0.1, 0.15) is 0 Å². The van der Waals surface area contributed by atoms with E-state index in [9.17, 15) is 0 Å². The summed E-state index contributed by atoms with van der Waals surface area (Å²) in [6, 6.07) is 54.2. The molecule has 244 valence electrons. The second-order valence-corrected chi connectivity index (χ2v) is 12.1. The molecule has 2 heteroatoms. The van der Waals surface area contributed by atoms with Gasteiger partial charge in [0.2, 0.25) is 0 Å². The average Bonchev–Trinajstić information content (AvgIpc) is 3.57. The molecule has 2 aliphatic rings. The Bertz CT molecular complexity index is 2320. The number of anilines is 4. The van der Waals surface area contributed by atoms with Gasteiger partial charge in [0.25, 0.3) is 0 Å². The number of allylic oxidation sites excluding steroid dienone is 6. The second-order valence-electron chi connectivity index (χ2n) is 12.1. The monoisotopic (exact) mass is 646 g/mol. The maximum atomic E-state index is 2.43. The number of nitrogens with zero attached hydrogens (tertiary/aromatic N) is 2. The second kappa shape index (κ2) is 15.4. The van der Waals surface area contributed by atoms with E-state index in [4.69, 9.17) is 0 Å². The van der Waals surface area contributed by atoms with Gasteiger partial charge in [-0.1, -0.05) is 159 Å². The van der Waals surface area contributed by atoms with Crippen LogP contribution in [0.25, 0.3) is 28.1 Å². The van der Waals surface area contributed by atoms with Crippen molar-refractivity contribution in [2.24, 2.45) is 0 Å². The molecule has 0 fully saturated rings. The number of fused-ring (bicyclic) bond motifs is 2. The van der Waals surface area contributed by atoms with E-state index in [-0.39, 0.29) is 0 Å². The molecule has 50 heavy (non-hydrogen) atoms. The maximum absolute atomic E-state index is 2.43. The first-order valence-electron chi connectivity index (χ1n) is 17.7. The zero-order valence-corrected chi connectivity index (χ0v) is 28.8. The lowest BCUT2D eigenvalue weighted by molar-refractivity contribution is 1.13. The summed E-state index contributed by atoms with van der Waals surface area (Å²) in [5, 5.41) is 4.97. The van der Waals surface area contributed by atoms with E-state index in [0.29, 0.717) is 0 Å². The van der Waals surface area contributed by atoms with Crippen LogP contribution in [0.15, 0.2) is 194 Å². The molecule has 0 saturated carbocycles. The standard InChI is InChI=1S/C46H36N2.C2H6/c1-3-20-39(21-4-1)47(45-27-12-9-17-37-15-7-10-25-43(37)45)41-24-13-18-35(29-32-41)36-30-33-42(34-31-36)48(40-22-5-2-6-23-40)46-28-14-19-38-16-8-11-26-44(38)46;1-2/h1-12,14-26,28-34H,13,27H2;1-2H3. The average molecular weight is 647 g/mol. The Balaban J connectivity index is 0.00000193. The molecule has 0 aliphatic heterocycles. The fourth-order valence-corrected chi connectivity index (χ4v) is 6.82. The van der Waals surface area contributed by atoms with E-state index in [1.807, 2.05) is 13.8 Å². The largest absolute Gasteiger partial charge is 0.314 e. The molecule has 0 unspecified atom stereocenters. The van der Waals surface area contributed by atoms with Crippen molar-refractivity contribution in [3.8, 4) is 0 Å². The molecule has 6 aromatic carbocycles. The van der Waals surface area contributed by atoms with Gasteiger partial charge >= 0.3 is 0 Å². The number of hydrogen-bond donors (Lipinski definition) is 0. The van der Waals surface area contributed by atoms with E-state index in [2.05, 4.69) is 204 Å². The lowest BCUT2D eigenvalue weighted by atomic mass is 10.0. The summed E-state index contributed by atoms with van der Waals surface area (Å²) in [5.41, 5.74) is 9.46. The SMILES string of the molecule is C1=CCC(N(C2=CCC=C(c3ccc(N(c4ccccc4)c4cccc5ccccc45)cc3)C=C2)c2ccccc2)=c2ccccc2=C1.CC. The molecule has 0 bridgehead atoms. The Kier molecular flexibility index (Phi) is 9.99. The Morgan fingerprint density at radius 3 is 1.94 bits per heavy atom. The van der Waals surface area contributed by atoms with E-state index >= 15 is 0 Å². The minimum absolute atomic E-state index is 0.839. The van der Waals surface area contributed by atoms with E-state index in [1.165, 1.54) is 49.4 Å². The normalized spacial score (nSPS) is 13.4. The third-order valence-corrected chi connectivity index (χ3v) is 9.12. The summed E-state index contributed by atoms with van der Waals surface area (Å²) in [6.45, 7) is 4.00. The van der Waals surface area contributed by atoms with Crippen LogP contribution in [0.5, 0.6) is 0 Å². The van der Waals surface area contributed by atoms with Crippen molar-refractivity contribution in [1.82, 2.24) is 0 Å². The van der Waals surface area contributed by atoms with Crippen molar-refractivity contribution in [2.45, 2.75) is 26.7 Å². The summed E-state index contributed by atoms with van der Waals surface area (Å²) in [4.78, 5) is 4.79. The van der Waals surface area contributed by atoms with Gasteiger partial charge in [0.15, 0.2) is 0 Å². The van der Waals surface area contributed by atoms with Gasteiger partial charge in [0, 0.05) is 45.5 Å². The van der Waals surface area contributed by atoms with Gasteiger partial charge in [-0.3, -0.25) is 0 Å². The first-order chi connectivity index (χ1) is 24.8. The number of benzene rings is 6. The molecular formula is C48H42N2. The predicted octanol–water partition coefficient (Wildman–Crippen LogP) is 11.6. The van der Waals surface area contributed by atoms with Gasteiger partial charge in [-0.05, 0) is 76.7 Å². The molecule has 2 aliphatic carbocycles. The lowest BCUT2D eigenvalue weighted by Crippen LogP contribution is -2.33. The third-order valence-electron chi connectivity index (χ3n) is 9.12. The molecule has 0 spiro atoms. The molecule has 0 aromatic heterocycles. The van der Waals surface area contributed by atoms with Crippen LogP contribution in [0.1, 0.15) is 32.3 Å². The first-order valence-corrected chi connectivity index (χ1v) is 17.7. The molecule has 0 saturated heterocycles. The van der Waals surface area contributed by atoms with Crippen LogP contribution >= 0.6 is 0 Å². The maximum Gasteiger partial charge on any atom is 0.0540 e. The quantitative estimate of drug-likeness (QED) is 0.170. The van der Waals surface area contributed by atoms with Crippen molar-refractivity contribution >= 4 is 50.9 Å². The van der Waals surface area contributed by atoms with E-state index < -0.39 is 0 Å². The third kappa shape index (κ3) is 6.74. The zero-order chi connectivity index (χ0) is 34.1. The Hall–Kier alpha value is -6.12. The molecule has 0 N–H and O–H groups in total. The molecule has 6 aromatic rings. The minimum Gasteiger partial charge on any atom is -0.314 e. The fraction of sp³-hybridized carbons (Fsp3) is 0.0833. The fourth-order valence-electron chi connectivity index (χ4n) is 6.82. The zero-order valence-electron chi connectivity index (χ0n) is 28.8. The highest BCUT2D eigenvalue weighted by molar-refractivity contribution is 5.99. The van der Waals surface area contributed by atoms with Crippen LogP contribution < -0.4 is 20.2 Å². The van der Waals surface area contributed by atoms with Crippen molar-refractivity contribution in [1.29, 1.82) is 0 Å². The van der Waals surface area contributed by atoms with Crippen LogP contribution in [0.2, 0.25) is 0 Å². The molecule has 2 nitrogen and oxygen atoms in total. The smallest absolute Gasteiger partial charge is 0.0540 e. The van der Waals surface area contributed by atoms with Crippen molar-refractivity contribution in [2.75, 3.05) is 9.80 Å². The Labute approximate surface area is 296 Å². The number of para-hydroxylation sites is 2. The van der Waals surface area contributed by atoms with Gasteiger partial charge in [-0.2, -0.15) is 0 Å². The van der Waals surface area contributed by atoms with Crippen molar-refractivity contribution in [3.05, 3.63) is 210 Å². The highest BCUT2D eigenvalue weighted by Gasteiger charge is 2.19. The molecule has 0 amide bonds. The summed E-state index contributed by atoms with van der Waals surface area (Å²) < 4.78 is 0. The van der Waals surface area contributed by atoms with Crippen molar-refractivity contribution in [3.63, 3.8) is 0 Å². The van der Waals surface area contributed by atoms with Gasteiger partial charge in [-0.25, -0.2) is 0 Å². The van der Waals surface area contributed by atoms with E-state index in [0.717, 1.165) is 29.9 Å². The lowest BCUT2D eigenvalue weighted by Gasteiger charge is -2.28.